The molecule has 0 unspecified atom stereocenters. The van der Waals surface area contributed by atoms with Gasteiger partial charge in [0.1, 0.15) is 6.04 Å². The van der Waals surface area contributed by atoms with E-state index >= 15 is 0 Å². The molecule has 2 aromatic carbocycles. The van der Waals surface area contributed by atoms with Crippen LogP contribution in [0.1, 0.15) is 44.6 Å². The molecule has 0 aromatic heterocycles. The van der Waals surface area contributed by atoms with Crippen molar-refractivity contribution in [1.82, 2.24) is 14.5 Å². The van der Waals surface area contributed by atoms with Gasteiger partial charge in [-0.25, -0.2) is 8.42 Å². The quantitative estimate of drug-likeness (QED) is 0.508. The van der Waals surface area contributed by atoms with Crippen molar-refractivity contribution in [3.63, 3.8) is 0 Å². The standard InChI is InChI=1S/C25H31Cl2N3O4S/c1-18(25(32)28-22-6-4-3-5-7-22)30(16-19-8-10-20(26)11-9-19)24(31)17-29(2)35(33,34)23-14-12-21(27)13-15-23/h8-15,18,22H,3-7,16-17H2,1-2H3,(H,28,32)/t18-/m0/s1. The minimum absolute atomic E-state index is 0.0320. The van der Waals surface area contributed by atoms with Gasteiger partial charge in [0, 0.05) is 29.7 Å². The summed E-state index contributed by atoms with van der Waals surface area (Å²) >= 11 is 11.9. The fourth-order valence-electron chi connectivity index (χ4n) is 4.09. The molecule has 7 nitrogen and oxygen atoms in total. The minimum Gasteiger partial charge on any atom is -0.352 e. The Morgan fingerprint density at radius 2 is 1.51 bits per heavy atom. The molecule has 0 heterocycles. The van der Waals surface area contributed by atoms with Crippen molar-refractivity contribution in [1.29, 1.82) is 0 Å². The highest BCUT2D eigenvalue weighted by Gasteiger charge is 2.31. The summed E-state index contributed by atoms with van der Waals surface area (Å²) in [6, 6.07) is 12.0. The number of rotatable bonds is 9. The lowest BCUT2D eigenvalue weighted by molar-refractivity contribution is -0.141. The predicted octanol–water partition coefficient (Wildman–Crippen LogP) is 4.48. The normalized spacial score (nSPS) is 15.6. The largest absolute Gasteiger partial charge is 0.352 e. The average molecular weight is 541 g/mol. The van der Waals surface area contributed by atoms with Crippen molar-refractivity contribution in [2.45, 2.75) is 62.6 Å². The van der Waals surface area contributed by atoms with E-state index in [0.29, 0.717) is 10.0 Å². The molecule has 35 heavy (non-hydrogen) atoms. The van der Waals surface area contributed by atoms with Crippen molar-refractivity contribution in [2.75, 3.05) is 13.6 Å². The van der Waals surface area contributed by atoms with Gasteiger partial charge in [-0.15, -0.1) is 0 Å². The van der Waals surface area contributed by atoms with Gasteiger partial charge in [-0.05, 0) is 61.7 Å². The minimum atomic E-state index is -3.92. The summed E-state index contributed by atoms with van der Waals surface area (Å²) in [4.78, 5) is 27.9. The molecule has 0 spiro atoms. The molecule has 1 saturated carbocycles. The number of benzene rings is 2. The highest BCUT2D eigenvalue weighted by atomic mass is 35.5. The van der Waals surface area contributed by atoms with Gasteiger partial charge < -0.3 is 10.2 Å². The van der Waals surface area contributed by atoms with Crippen LogP contribution >= 0.6 is 23.2 Å². The van der Waals surface area contributed by atoms with Crippen LogP contribution in [0.3, 0.4) is 0 Å². The Hall–Kier alpha value is -2.13. The number of sulfonamides is 1. The van der Waals surface area contributed by atoms with Crippen molar-refractivity contribution >= 4 is 45.0 Å². The van der Waals surface area contributed by atoms with Crippen LogP contribution in [0.15, 0.2) is 53.4 Å². The van der Waals surface area contributed by atoms with E-state index in [1.54, 1.807) is 31.2 Å². The van der Waals surface area contributed by atoms with Gasteiger partial charge in [-0.1, -0.05) is 54.6 Å². The Morgan fingerprint density at radius 3 is 2.09 bits per heavy atom. The van der Waals surface area contributed by atoms with Crippen molar-refractivity contribution in [3.05, 3.63) is 64.1 Å². The Labute approximate surface area is 217 Å². The Morgan fingerprint density at radius 1 is 0.971 bits per heavy atom. The van der Waals surface area contributed by atoms with Crippen LogP contribution in [0.2, 0.25) is 10.0 Å². The summed E-state index contributed by atoms with van der Waals surface area (Å²) in [6.07, 6.45) is 5.15. The molecule has 0 aliphatic heterocycles. The molecular weight excluding hydrogens is 509 g/mol. The van der Waals surface area contributed by atoms with E-state index in [1.807, 2.05) is 0 Å². The summed E-state index contributed by atoms with van der Waals surface area (Å²) < 4.78 is 26.9. The Kier molecular flexibility index (Phi) is 9.58. The van der Waals surface area contributed by atoms with Crippen LogP contribution in [0.4, 0.5) is 0 Å². The number of hydrogen-bond donors (Lipinski definition) is 1. The van der Waals surface area contributed by atoms with E-state index in [-0.39, 0.29) is 23.4 Å². The first kappa shape index (κ1) is 27.5. The van der Waals surface area contributed by atoms with Gasteiger partial charge in [0.25, 0.3) is 0 Å². The number of nitrogens with one attached hydrogen (secondary N) is 1. The number of amides is 2. The molecule has 10 heteroatoms. The first-order chi connectivity index (χ1) is 16.6. The van der Waals surface area contributed by atoms with Crippen LogP contribution in [0.25, 0.3) is 0 Å². The second-order valence-corrected chi connectivity index (χ2v) is 11.8. The molecule has 3 rings (SSSR count). The molecule has 2 amide bonds. The lowest BCUT2D eigenvalue weighted by atomic mass is 9.95. The zero-order valence-electron chi connectivity index (χ0n) is 19.9. The van der Waals surface area contributed by atoms with E-state index in [9.17, 15) is 18.0 Å². The number of carbonyl (C=O) groups is 2. The van der Waals surface area contributed by atoms with Crippen LogP contribution < -0.4 is 5.32 Å². The fraction of sp³-hybridized carbons (Fsp3) is 0.440. The van der Waals surface area contributed by atoms with Gasteiger partial charge in [0.05, 0.1) is 11.4 Å². The van der Waals surface area contributed by atoms with Gasteiger partial charge in [-0.3, -0.25) is 9.59 Å². The molecule has 1 atom stereocenters. The summed E-state index contributed by atoms with van der Waals surface area (Å²) in [7, 11) is -2.58. The molecular formula is C25H31Cl2N3O4S. The number of hydrogen-bond acceptors (Lipinski definition) is 4. The highest BCUT2D eigenvalue weighted by molar-refractivity contribution is 7.89. The number of halogens is 2. The highest BCUT2D eigenvalue weighted by Crippen LogP contribution is 2.20. The van der Waals surface area contributed by atoms with Crippen molar-refractivity contribution in [2.24, 2.45) is 0 Å². The maximum Gasteiger partial charge on any atom is 0.243 e. The molecule has 1 N–H and O–H groups in total. The first-order valence-electron chi connectivity index (χ1n) is 11.6. The van der Waals surface area contributed by atoms with Crippen LogP contribution in [-0.4, -0.2) is 55.1 Å². The topological polar surface area (TPSA) is 86.8 Å². The summed E-state index contributed by atoms with van der Waals surface area (Å²) in [5.41, 5.74) is 0.781. The SMILES string of the molecule is C[C@@H](C(=O)NC1CCCCC1)N(Cc1ccc(Cl)cc1)C(=O)CN(C)S(=O)(=O)c1ccc(Cl)cc1. The Balaban J connectivity index is 1.78. The van der Waals surface area contributed by atoms with E-state index in [0.717, 1.165) is 42.0 Å². The maximum absolute atomic E-state index is 13.4. The van der Waals surface area contributed by atoms with Crippen LogP contribution in [0, 0.1) is 0 Å². The average Bonchev–Trinajstić information content (AvgIpc) is 2.84. The third-order valence-corrected chi connectivity index (χ3v) is 8.59. The third kappa shape index (κ3) is 7.43. The molecule has 0 radical (unpaired) electrons. The summed E-state index contributed by atoms with van der Waals surface area (Å²) in [6.45, 7) is 1.39. The van der Waals surface area contributed by atoms with Gasteiger partial charge in [0.15, 0.2) is 0 Å². The smallest absolute Gasteiger partial charge is 0.243 e. The molecule has 2 aromatic rings. The second kappa shape index (κ2) is 12.2. The predicted molar refractivity (Wildman–Crippen MR) is 138 cm³/mol. The van der Waals surface area contributed by atoms with E-state index in [4.69, 9.17) is 23.2 Å². The third-order valence-electron chi connectivity index (χ3n) is 6.26. The first-order valence-corrected chi connectivity index (χ1v) is 13.8. The van der Waals surface area contributed by atoms with Gasteiger partial charge in [-0.2, -0.15) is 4.31 Å². The van der Waals surface area contributed by atoms with Crippen LogP contribution in [0.5, 0.6) is 0 Å². The van der Waals surface area contributed by atoms with Gasteiger partial charge >= 0.3 is 0 Å². The zero-order chi connectivity index (χ0) is 25.6. The second-order valence-electron chi connectivity index (χ2n) is 8.88. The number of likely N-dealkylation sites (N-methyl/N-ethyl adjacent to an activating group) is 1. The molecule has 0 saturated heterocycles. The fourth-order valence-corrected chi connectivity index (χ4v) is 5.46. The van der Waals surface area contributed by atoms with Crippen molar-refractivity contribution < 1.29 is 18.0 Å². The van der Waals surface area contributed by atoms with Crippen molar-refractivity contribution in [3.8, 4) is 0 Å². The summed E-state index contributed by atoms with van der Waals surface area (Å²) in [5, 5.41) is 4.04. The summed E-state index contributed by atoms with van der Waals surface area (Å²) in [5.74, 6) is -0.728. The van der Waals surface area contributed by atoms with Crippen LogP contribution in [-0.2, 0) is 26.2 Å². The number of carbonyl (C=O) groups excluding carboxylic acids is 2. The van der Waals surface area contributed by atoms with E-state index < -0.39 is 28.5 Å². The molecule has 1 aliphatic carbocycles. The van der Waals surface area contributed by atoms with Gasteiger partial charge in [0.2, 0.25) is 21.8 Å². The molecule has 1 fully saturated rings. The van der Waals surface area contributed by atoms with E-state index in [1.165, 1.54) is 36.2 Å². The molecule has 0 bridgehead atoms. The monoisotopic (exact) mass is 539 g/mol. The van der Waals surface area contributed by atoms with E-state index in [2.05, 4.69) is 5.32 Å². The number of nitrogens with zero attached hydrogens (tertiary/aromatic N) is 2. The molecule has 1 aliphatic rings. The lowest BCUT2D eigenvalue weighted by Gasteiger charge is -2.32. The Bertz CT molecular complexity index is 1120. The zero-order valence-corrected chi connectivity index (χ0v) is 22.2. The lowest BCUT2D eigenvalue weighted by Crippen LogP contribution is -2.52. The molecule has 190 valence electrons. The maximum atomic E-state index is 13.4.